The normalized spacial score (nSPS) is 10.8. The number of nitrogens with zero attached hydrogens (tertiary/aromatic N) is 4. The maximum absolute atomic E-state index is 5.95. The molecule has 0 spiro atoms. The number of aromatic nitrogens is 3. The molecule has 0 saturated carbocycles. The first-order chi connectivity index (χ1) is 9.71. The molecule has 2 aromatic rings. The number of hydrogen-bond donors (Lipinski definition) is 1. The topological polar surface area (TPSA) is 67.9 Å². The molecule has 108 valence electrons. The van der Waals surface area contributed by atoms with Gasteiger partial charge in [0.05, 0.1) is 23.4 Å². The zero-order chi connectivity index (χ0) is 14.5. The molecule has 5 nitrogen and oxygen atoms in total. The highest BCUT2D eigenvalue weighted by Gasteiger charge is 2.16. The van der Waals surface area contributed by atoms with E-state index in [1.54, 1.807) is 11.3 Å². The molecule has 6 heteroatoms. The van der Waals surface area contributed by atoms with Gasteiger partial charge in [-0.05, 0) is 18.4 Å². The second-order valence-corrected chi connectivity index (χ2v) is 5.39. The van der Waals surface area contributed by atoms with Crippen LogP contribution >= 0.6 is 11.3 Å². The van der Waals surface area contributed by atoms with Crippen molar-refractivity contribution in [3.05, 3.63) is 33.4 Å². The Morgan fingerprint density at radius 2 is 2.00 bits per heavy atom. The molecule has 20 heavy (non-hydrogen) atoms. The van der Waals surface area contributed by atoms with Gasteiger partial charge in [-0.3, -0.25) is 0 Å². The second-order valence-electron chi connectivity index (χ2n) is 4.67. The van der Waals surface area contributed by atoms with Gasteiger partial charge in [-0.1, -0.05) is 13.8 Å². The van der Waals surface area contributed by atoms with Gasteiger partial charge in [0, 0.05) is 24.5 Å². The summed E-state index contributed by atoms with van der Waals surface area (Å²) in [5, 5.41) is 10.8. The van der Waals surface area contributed by atoms with E-state index in [4.69, 9.17) is 5.73 Å². The highest BCUT2D eigenvalue weighted by atomic mass is 32.1. The minimum Gasteiger partial charge on any atom is -0.352 e. The predicted octanol–water partition coefficient (Wildman–Crippen LogP) is 2.15. The predicted molar refractivity (Wildman–Crippen MR) is 82.9 cm³/mol. The first-order valence-corrected chi connectivity index (χ1v) is 7.81. The van der Waals surface area contributed by atoms with Gasteiger partial charge in [0.1, 0.15) is 0 Å². The number of rotatable bonds is 6. The van der Waals surface area contributed by atoms with Crippen LogP contribution in [-0.4, -0.2) is 22.2 Å². The Morgan fingerprint density at radius 1 is 1.20 bits per heavy atom. The zero-order valence-corrected chi connectivity index (χ0v) is 13.1. The van der Waals surface area contributed by atoms with E-state index in [-0.39, 0.29) is 0 Å². The lowest BCUT2D eigenvalue weighted by Gasteiger charge is -2.22. The molecule has 0 aliphatic carbocycles. The van der Waals surface area contributed by atoms with E-state index in [1.165, 1.54) is 5.56 Å². The fraction of sp³-hybridized carbons (Fsp3) is 0.500. The molecular weight excluding hydrogens is 270 g/mol. The first kappa shape index (κ1) is 14.9. The fourth-order valence-electron chi connectivity index (χ4n) is 2.39. The van der Waals surface area contributed by atoms with Gasteiger partial charge in [0.15, 0.2) is 5.82 Å². The SMILES string of the molecule is CCc1nnc(N(C)Cc2cscn2)c(CN)c1CC. The van der Waals surface area contributed by atoms with Crippen molar-refractivity contribution in [2.24, 2.45) is 5.73 Å². The quantitative estimate of drug-likeness (QED) is 0.883. The van der Waals surface area contributed by atoms with Crippen LogP contribution in [0.2, 0.25) is 0 Å². The molecule has 0 aromatic carbocycles. The number of aryl methyl sites for hydroxylation is 1. The van der Waals surface area contributed by atoms with Crippen LogP contribution in [-0.2, 0) is 25.9 Å². The standard InChI is InChI=1S/C14H21N5S/c1-4-11-12(6-15)14(18-17-13(11)5-2)19(3)7-10-8-20-9-16-10/h8-9H,4-7,15H2,1-3H3. The average Bonchev–Trinajstić information content (AvgIpc) is 2.98. The Kier molecular flexibility index (Phi) is 5.03. The van der Waals surface area contributed by atoms with Crippen molar-refractivity contribution in [3.8, 4) is 0 Å². The van der Waals surface area contributed by atoms with Gasteiger partial charge < -0.3 is 10.6 Å². The molecule has 2 N–H and O–H groups in total. The number of thiazole rings is 1. The van der Waals surface area contributed by atoms with Crippen molar-refractivity contribution < 1.29 is 0 Å². The summed E-state index contributed by atoms with van der Waals surface area (Å²) in [5.41, 5.74) is 12.2. The van der Waals surface area contributed by atoms with Gasteiger partial charge in [-0.25, -0.2) is 4.98 Å². The van der Waals surface area contributed by atoms with Crippen LogP contribution in [0.1, 0.15) is 36.4 Å². The van der Waals surface area contributed by atoms with Crippen LogP contribution in [0.3, 0.4) is 0 Å². The number of nitrogens with two attached hydrogens (primary N) is 1. The summed E-state index contributed by atoms with van der Waals surface area (Å²) in [4.78, 5) is 6.38. The molecule has 0 aliphatic rings. The van der Waals surface area contributed by atoms with Gasteiger partial charge >= 0.3 is 0 Å². The van der Waals surface area contributed by atoms with Crippen molar-refractivity contribution in [1.82, 2.24) is 15.2 Å². The minimum absolute atomic E-state index is 0.489. The van der Waals surface area contributed by atoms with Gasteiger partial charge in [0.25, 0.3) is 0 Å². The van der Waals surface area contributed by atoms with Crippen LogP contribution in [0.25, 0.3) is 0 Å². The third kappa shape index (κ3) is 2.96. The Balaban J connectivity index is 2.35. The highest BCUT2D eigenvalue weighted by molar-refractivity contribution is 7.07. The third-order valence-electron chi connectivity index (χ3n) is 3.38. The van der Waals surface area contributed by atoms with Crippen molar-refractivity contribution >= 4 is 17.2 Å². The van der Waals surface area contributed by atoms with Crippen molar-refractivity contribution in [3.63, 3.8) is 0 Å². The molecular formula is C14H21N5S. The Morgan fingerprint density at radius 3 is 2.55 bits per heavy atom. The minimum atomic E-state index is 0.489. The van der Waals surface area contributed by atoms with E-state index in [0.717, 1.165) is 42.2 Å². The summed E-state index contributed by atoms with van der Waals surface area (Å²) in [5.74, 6) is 0.870. The number of anilines is 1. The van der Waals surface area contributed by atoms with Crippen LogP contribution < -0.4 is 10.6 Å². The third-order valence-corrected chi connectivity index (χ3v) is 4.02. The van der Waals surface area contributed by atoms with E-state index in [1.807, 2.05) is 17.9 Å². The maximum atomic E-state index is 5.95. The first-order valence-electron chi connectivity index (χ1n) is 6.86. The van der Waals surface area contributed by atoms with E-state index in [2.05, 4.69) is 33.9 Å². The molecule has 2 aromatic heterocycles. The van der Waals surface area contributed by atoms with E-state index >= 15 is 0 Å². The summed E-state index contributed by atoms with van der Waals surface area (Å²) in [7, 11) is 2.01. The largest absolute Gasteiger partial charge is 0.352 e. The van der Waals surface area contributed by atoms with Crippen LogP contribution in [0, 0.1) is 0 Å². The Bertz CT molecular complexity index is 553. The van der Waals surface area contributed by atoms with Crippen LogP contribution in [0.4, 0.5) is 5.82 Å². The highest BCUT2D eigenvalue weighted by Crippen LogP contribution is 2.24. The number of hydrogen-bond acceptors (Lipinski definition) is 6. The summed E-state index contributed by atoms with van der Waals surface area (Å²) in [6.07, 6.45) is 1.82. The summed E-state index contributed by atoms with van der Waals surface area (Å²) in [6.45, 7) is 5.45. The molecule has 0 saturated heterocycles. The lowest BCUT2D eigenvalue weighted by atomic mass is 10.0. The van der Waals surface area contributed by atoms with Crippen molar-refractivity contribution in [2.75, 3.05) is 11.9 Å². The zero-order valence-electron chi connectivity index (χ0n) is 12.3. The molecule has 0 aliphatic heterocycles. The van der Waals surface area contributed by atoms with E-state index in [0.29, 0.717) is 6.54 Å². The molecule has 0 amide bonds. The molecule has 0 fully saturated rings. The van der Waals surface area contributed by atoms with Gasteiger partial charge in [-0.2, -0.15) is 5.10 Å². The Labute approximate surface area is 123 Å². The molecule has 0 atom stereocenters. The maximum Gasteiger partial charge on any atom is 0.156 e. The van der Waals surface area contributed by atoms with Gasteiger partial charge in [0.2, 0.25) is 0 Å². The van der Waals surface area contributed by atoms with Crippen LogP contribution in [0.15, 0.2) is 10.9 Å². The van der Waals surface area contributed by atoms with Gasteiger partial charge in [-0.15, -0.1) is 16.4 Å². The Hall–Kier alpha value is -1.53. The molecule has 0 bridgehead atoms. The van der Waals surface area contributed by atoms with E-state index < -0.39 is 0 Å². The average molecular weight is 291 g/mol. The van der Waals surface area contributed by atoms with Crippen molar-refractivity contribution in [1.29, 1.82) is 0 Å². The summed E-state index contributed by atoms with van der Waals surface area (Å²) < 4.78 is 0. The monoisotopic (exact) mass is 291 g/mol. The molecule has 2 rings (SSSR count). The summed E-state index contributed by atoms with van der Waals surface area (Å²) >= 11 is 1.60. The molecule has 2 heterocycles. The smallest absolute Gasteiger partial charge is 0.156 e. The lowest BCUT2D eigenvalue weighted by molar-refractivity contribution is 0.789. The van der Waals surface area contributed by atoms with Crippen molar-refractivity contribution in [2.45, 2.75) is 39.8 Å². The molecule has 0 unspecified atom stereocenters. The lowest BCUT2D eigenvalue weighted by Crippen LogP contribution is -2.23. The summed E-state index contributed by atoms with van der Waals surface area (Å²) in [6, 6.07) is 0. The van der Waals surface area contributed by atoms with Crippen LogP contribution in [0.5, 0.6) is 0 Å². The van der Waals surface area contributed by atoms with E-state index in [9.17, 15) is 0 Å². The molecule has 0 radical (unpaired) electrons. The fourth-order valence-corrected chi connectivity index (χ4v) is 2.94. The second kappa shape index (κ2) is 6.76.